The number of rotatable bonds is 2. The van der Waals surface area contributed by atoms with Crippen molar-refractivity contribution in [3.05, 3.63) is 34.3 Å². The van der Waals surface area contributed by atoms with Crippen molar-refractivity contribution in [1.29, 1.82) is 0 Å². The molecule has 1 aliphatic carbocycles. The second-order valence-electron chi connectivity index (χ2n) is 4.25. The van der Waals surface area contributed by atoms with Crippen molar-refractivity contribution in [2.45, 2.75) is 31.9 Å². The van der Waals surface area contributed by atoms with Crippen LogP contribution in [0.5, 0.6) is 0 Å². The molecule has 2 N–H and O–H groups in total. The summed E-state index contributed by atoms with van der Waals surface area (Å²) in [5, 5.41) is 12.6. The molecule has 0 unspecified atom stereocenters. The molecule has 1 fully saturated rings. The molecule has 3 nitrogen and oxygen atoms in total. The van der Waals surface area contributed by atoms with E-state index >= 15 is 0 Å². The zero-order valence-electron chi connectivity index (χ0n) is 9.03. The smallest absolute Gasteiger partial charge is 0.251 e. The third kappa shape index (κ3) is 2.36. The maximum atomic E-state index is 11.9. The highest BCUT2D eigenvalue weighted by Crippen LogP contribution is 2.21. The van der Waals surface area contributed by atoms with Crippen molar-refractivity contribution < 1.29 is 9.90 Å². The highest BCUT2D eigenvalue weighted by molar-refractivity contribution is 6.31. The first-order valence-electron chi connectivity index (χ1n) is 5.31. The van der Waals surface area contributed by atoms with Gasteiger partial charge >= 0.3 is 0 Å². The fourth-order valence-corrected chi connectivity index (χ4v) is 1.98. The molecular formula is C12H14ClNO2. The van der Waals surface area contributed by atoms with Gasteiger partial charge in [0.2, 0.25) is 0 Å². The zero-order chi connectivity index (χ0) is 11.7. The molecule has 4 heteroatoms. The minimum absolute atomic E-state index is 0.0980. The number of hydrogen-bond acceptors (Lipinski definition) is 2. The van der Waals surface area contributed by atoms with Gasteiger partial charge in [-0.25, -0.2) is 0 Å². The van der Waals surface area contributed by atoms with Gasteiger partial charge < -0.3 is 10.4 Å². The van der Waals surface area contributed by atoms with Gasteiger partial charge in [0.15, 0.2) is 0 Å². The Morgan fingerprint density at radius 2 is 2.19 bits per heavy atom. The molecule has 0 aliphatic heterocycles. The fraction of sp³-hybridized carbons (Fsp3) is 0.417. The maximum absolute atomic E-state index is 11.9. The Kier molecular flexibility index (Phi) is 3.17. The van der Waals surface area contributed by atoms with E-state index in [2.05, 4.69) is 5.32 Å². The van der Waals surface area contributed by atoms with E-state index in [0.717, 1.165) is 5.56 Å². The zero-order valence-corrected chi connectivity index (χ0v) is 9.79. The van der Waals surface area contributed by atoms with Crippen LogP contribution in [0.4, 0.5) is 0 Å². The van der Waals surface area contributed by atoms with E-state index in [0.29, 0.717) is 23.4 Å². The molecule has 0 bridgehead atoms. The summed E-state index contributed by atoms with van der Waals surface area (Å²) in [7, 11) is 0. The normalized spacial score (nSPS) is 23.7. The number of aryl methyl sites for hydroxylation is 1. The van der Waals surface area contributed by atoms with E-state index in [1.807, 2.05) is 13.0 Å². The van der Waals surface area contributed by atoms with Crippen molar-refractivity contribution in [3.8, 4) is 0 Å². The first kappa shape index (κ1) is 11.4. The molecule has 2 rings (SSSR count). The molecule has 86 valence electrons. The third-order valence-corrected chi connectivity index (χ3v) is 3.13. The predicted octanol–water partition coefficient (Wildman–Crippen LogP) is 1.90. The van der Waals surface area contributed by atoms with Gasteiger partial charge in [0, 0.05) is 16.6 Å². The molecule has 1 aliphatic rings. The maximum Gasteiger partial charge on any atom is 0.251 e. The quantitative estimate of drug-likeness (QED) is 0.828. The predicted molar refractivity (Wildman–Crippen MR) is 62.7 cm³/mol. The lowest BCUT2D eigenvalue weighted by atomic mass is 9.89. The monoisotopic (exact) mass is 239 g/mol. The summed E-state index contributed by atoms with van der Waals surface area (Å²) in [6, 6.07) is 5.36. The van der Waals surface area contributed by atoms with Crippen LogP contribution in [0.15, 0.2) is 18.2 Å². The SMILES string of the molecule is Cc1ccc(Cl)cc1C(=O)NC1CC(O)C1. The van der Waals surface area contributed by atoms with E-state index in [9.17, 15) is 4.79 Å². The van der Waals surface area contributed by atoms with Gasteiger partial charge in [0.05, 0.1) is 6.10 Å². The summed E-state index contributed by atoms with van der Waals surface area (Å²) >= 11 is 5.85. The fourth-order valence-electron chi connectivity index (χ4n) is 1.81. The number of hydrogen-bond donors (Lipinski definition) is 2. The summed E-state index contributed by atoms with van der Waals surface area (Å²) in [5.74, 6) is -0.114. The minimum atomic E-state index is -0.259. The van der Waals surface area contributed by atoms with Crippen LogP contribution in [-0.4, -0.2) is 23.2 Å². The molecule has 1 aromatic carbocycles. The number of aliphatic hydroxyl groups excluding tert-OH is 1. The lowest BCUT2D eigenvalue weighted by Gasteiger charge is -2.32. The lowest BCUT2D eigenvalue weighted by molar-refractivity contribution is 0.0562. The van der Waals surface area contributed by atoms with Gasteiger partial charge in [0.25, 0.3) is 5.91 Å². The highest BCUT2D eigenvalue weighted by atomic mass is 35.5. The molecule has 0 spiro atoms. The Morgan fingerprint density at radius 3 is 2.81 bits per heavy atom. The first-order valence-corrected chi connectivity index (χ1v) is 5.69. The summed E-state index contributed by atoms with van der Waals surface area (Å²) in [6.07, 6.45) is 1.03. The highest BCUT2D eigenvalue weighted by Gasteiger charge is 2.28. The number of benzene rings is 1. The van der Waals surface area contributed by atoms with E-state index < -0.39 is 0 Å². The molecular weight excluding hydrogens is 226 g/mol. The van der Waals surface area contributed by atoms with Crippen LogP contribution >= 0.6 is 11.6 Å². The largest absolute Gasteiger partial charge is 0.393 e. The summed E-state index contributed by atoms with van der Waals surface area (Å²) in [6.45, 7) is 1.88. The Morgan fingerprint density at radius 1 is 1.50 bits per heavy atom. The van der Waals surface area contributed by atoms with Gasteiger partial charge in [-0.1, -0.05) is 17.7 Å². The average molecular weight is 240 g/mol. The molecule has 0 heterocycles. The molecule has 0 saturated heterocycles. The van der Waals surface area contributed by atoms with Gasteiger partial charge in [-0.2, -0.15) is 0 Å². The van der Waals surface area contributed by atoms with Gasteiger partial charge in [-0.05, 0) is 37.5 Å². The van der Waals surface area contributed by atoms with Crippen molar-refractivity contribution >= 4 is 17.5 Å². The van der Waals surface area contributed by atoms with E-state index in [1.54, 1.807) is 12.1 Å². The van der Waals surface area contributed by atoms with Crippen LogP contribution in [0.3, 0.4) is 0 Å². The standard InChI is InChI=1S/C12H14ClNO2/c1-7-2-3-8(13)4-11(7)12(16)14-9-5-10(15)6-9/h2-4,9-10,15H,5-6H2,1H3,(H,14,16). The second-order valence-corrected chi connectivity index (χ2v) is 4.69. The van der Waals surface area contributed by atoms with Crippen molar-refractivity contribution in [3.63, 3.8) is 0 Å². The molecule has 1 amide bonds. The number of amides is 1. The lowest BCUT2D eigenvalue weighted by Crippen LogP contribution is -2.46. The Labute approximate surface area is 99.4 Å². The first-order chi connectivity index (χ1) is 7.56. The minimum Gasteiger partial charge on any atom is -0.393 e. The van der Waals surface area contributed by atoms with Crippen LogP contribution in [0.1, 0.15) is 28.8 Å². The van der Waals surface area contributed by atoms with Crippen LogP contribution in [0, 0.1) is 6.92 Å². The Balaban J connectivity index is 2.05. The Bertz CT molecular complexity index is 413. The van der Waals surface area contributed by atoms with Crippen molar-refractivity contribution in [1.82, 2.24) is 5.32 Å². The van der Waals surface area contributed by atoms with E-state index in [1.165, 1.54) is 0 Å². The summed E-state index contributed by atoms with van der Waals surface area (Å²) < 4.78 is 0. The second kappa shape index (κ2) is 4.44. The molecule has 0 radical (unpaired) electrons. The number of nitrogens with one attached hydrogen (secondary N) is 1. The average Bonchev–Trinajstić information content (AvgIpc) is 2.19. The topological polar surface area (TPSA) is 49.3 Å². The molecule has 0 aromatic heterocycles. The van der Waals surface area contributed by atoms with E-state index in [-0.39, 0.29) is 18.1 Å². The Hall–Kier alpha value is -1.06. The number of halogens is 1. The van der Waals surface area contributed by atoms with Crippen LogP contribution in [0.25, 0.3) is 0 Å². The van der Waals surface area contributed by atoms with Crippen molar-refractivity contribution in [2.24, 2.45) is 0 Å². The molecule has 0 atom stereocenters. The third-order valence-electron chi connectivity index (χ3n) is 2.89. The van der Waals surface area contributed by atoms with Crippen molar-refractivity contribution in [2.75, 3.05) is 0 Å². The van der Waals surface area contributed by atoms with E-state index in [4.69, 9.17) is 16.7 Å². The molecule has 16 heavy (non-hydrogen) atoms. The number of carbonyl (C=O) groups excluding carboxylic acids is 1. The number of aliphatic hydroxyl groups is 1. The summed E-state index contributed by atoms with van der Waals surface area (Å²) in [4.78, 5) is 11.9. The van der Waals surface area contributed by atoms with Crippen LogP contribution < -0.4 is 5.32 Å². The van der Waals surface area contributed by atoms with Gasteiger partial charge in [-0.3, -0.25) is 4.79 Å². The van der Waals surface area contributed by atoms with Crippen LogP contribution in [0.2, 0.25) is 5.02 Å². The molecule has 1 aromatic rings. The van der Waals surface area contributed by atoms with Gasteiger partial charge in [-0.15, -0.1) is 0 Å². The summed E-state index contributed by atoms with van der Waals surface area (Å²) in [5.41, 5.74) is 1.51. The van der Waals surface area contributed by atoms with Crippen LogP contribution in [-0.2, 0) is 0 Å². The number of carbonyl (C=O) groups is 1. The van der Waals surface area contributed by atoms with Gasteiger partial charge in [0.1, 0.15) is 0 Å². The molecule has 1 saturated carbocycles.